The lowest BCUT2D eigenvalue weighted by molar-refractivity contribution is -0.110. The van der Waals surface area contributed by atoms with Crippen molar-refractivity contribution in [1.82, 2.24) is 14.8 Å². The number of benzene rings is 2. The van der Waals surface area contributed by atoms with E-state index in [1.165, 1.54) is 38.1 Å². The molecule has 3 aromatic rings. The molecule has 2 amide bonds. The Morgan fingerprint density at radius 2 is 1.78 bits per heavy atom. The average Bonchev–Trinajstić information content (AvgIpc) is 3.63. The molecule has 6 nitrogen and oxygen atoms in total. The molecule has 1 aromatic heterocycles. The van der Waals surface area contributed by atoms with Crippen molar-refractivity contribution in [2.75, 3.05) is 31.5 Å². The number of fused-ring (bicyclic) bond motifs is 1. The highest BCUT2D eigenvalue weighted by molar-refractivity contribution is 6.36. The summed E-state index contributed by atoms with van der Waals surface area (Å²) in [6.45, 7) is 5.75. The first-order chi connectivity index (χ1) is 18.0. The minimum Gasteiger partial charge on any atom is -0.358 e. The van der Waals surface area contributed by atoms with Crippen LogP contribution in [0.2, 0.25) is 0 Å². The molecule has 2 saturated heterocycles. The highest BCUT2D eigenvalue weighted by atomic mass is 19.1. The average molecular weight is 499 g/mol. The van der Waals surface area contributed by atoms with Gasteiger partial charge in [-0.15, -0.1) is 0 Å². The smallest absolute Gasteiger partial charge is 0.256 e. The molecular weight excluding hydrogens is 467 g/mol. The van der Waals surface area contributed by atoms with Gasteiger partial charge in [0.25, 0.3) is 11.8 Å². The number of likely N-dealkylation sites (tertiary alicyclic amines) is 2. The SMILES string of the molecule is Cc1cc(C(=O)N2CCC(N3CCCC3)CC2)c(/C=C2\C(=O)Nc3cccc(-c4cccc(F)c4)c32)[nH]1. The molecular formula is C30H31FN4O2. The zero-order chi connectivity index (χ0) is 25.5. The van der Waals surface area contributed by atoms with Crippen LogP contribution < -0.4 is 5.32 Å². The maximum atomic E-state index is 14.0. The molecule has 0 unspecified atom stereocenters. The highest BCUT2D eigenvalue weighted by Gasteiger charge is 2.31. The van der Waals surface area contributed by atoms with Crippen molar-refractivity contribution < 1.29 is 14.0 Å². The van der Waals surface area contributed by atoms with E-state index in [-0.39, 0.29) is 17.6 Å². The predicted molar refractivity (Wildman–Crippen MR) is 144 cm³/mol. The molecule has 3 aliphatic heterocycles. The number of aryl methyl sites for hydroxylation is 1. The fraction of sp³-hybridized carbons (Fsp3) is 0.333. The van der Waals surface area contributed by atoms with Crippen LogP contribution in [0.1, 0.15) is 53.0 Å². The second-order valence-corrected chi connectivity index (χ2v) is 10.3. The number of H-pyrrole nitrogens is 1. The lowest BCUT2D eigenvalue weighted by atomic mass is 9.94. The van der Waals surface area contributed by atoms with Gasteiger partial charge in [-0.3, -0.25) is 9.59 Å². The topological polar surface area (TPSA) is 68.4 Å². The van der Waals surface area contributed by atoms with Gasteiger partial charge in [0, 0.05) is 36.1 Å². The number of amides is 2. The number of nitrogens with zero attached hydrogens (tertiary/aromatic N) is 2. The van der Waals surface area contributed by atoms with Crippen molar-refractivity contribution >= 4 is 29.2 Å². The Labute approximate surface area is 216 Å². The normalized spacial score (nSPS) is 19.5. The highest BCUT2D eigenvalue weighted by Crippen LogP contribution is 2.40. The first-order valence-electron chi connectivity index (χ1n) is 13.1. The standard InChI is InChI=1S/C30H31FN4O2/c1-19-16-24(30(37)35-14-10-22(11-15-35)34-12-2-3-13-34)27(32-19)18-25-28-23(20-6-4-7-21(31)17-20)8-5-9-26(28)33-29(25)36/h4-9,16-18,22,32H,2-3,10-15H2,1H3,(H,33,36)/b25-18-. The fourth-order valence-corrected chi connectivity index (χ4v) is 6.04. The molecule has 190 valence electrons. The van der Waals surface area contributed by atoms with Crippen molar-refractivity contribution in [1.29, 1.82) is 0 Å². The number of rotatable bonds is 4. The Balaban J connectivity index is 1.31. The summed E-state index contributed by atoms with van der Waals surface area (Å²) in [5, 5.41) is 2.93. The molecule has 37 heavy (non-hydrogen) atoms. The van der Waals surface area contributed by atoms with Gasteiger partial charge < -0.3 is 20.1 Å². The van der Waals surface area contributed by atoms with Crippen molar-refractivity contribution in [3.63, 3.8) is 0 Å². The molecule has 0 radical (unpaired) electrons. The van der Waals surface area contributed by atoms with Crippen LogP contribution in [0.25, 0.3) is 22.8 Å². The number of hydrogen-bond acceptors (Lipinski definition) is 3. The number of aromatic nitrogens is 1. The number of piperidine rings is 1. The molecule has 7 heteroatoms. The zero-order valence-corrected chi connectivity index (χ0v) is 21.0. The molecule has 6 rings (SSSR count). The second-order valence-electron chi connectivity index (χ2n) is 10.3. The third-order valence-corrected chi connectivity index (χ3v) is 7.87. The molecule has 2 fully saturated rings. The van der Waals surface area contributed by atoms with E-state index in [0.717, 1.165) is 42.8 Å². The van der Waals surface area contributed by atoms with Crippen molar-refractivity contribution in [2.24, 2.45) is 0 Å². The van der Waals surface area contributed by atoms with Gasteiger partial charge in [0.15, 0.2) is 0 Å². The third kappa shape index (κ3) is 4.48. The predicted octanol–water partition coefficient (Wildman–Crippen LogP) is 5.32. The summed E-state index contributed by atoms with van der Waals surface area (Å²) in [4.78, 5) is 34.5. The Morgan fingerprint density at radius 3 is 2.54 bits per heavy atom. The molecule has 0 atom stereocenters. The van der Waals surface area contributed by atoms with Crippen LogP contribution >= 0.6 is 0 Å². The Morgan fingerprint density at radius 1 is 1.03 bits per heavy atom. The summed E-state index contributed by atoms with van der Waals surface area (Å²) in [5.74, 6) is -0.580. The van der Waals surface area contributed by atoms with Crippen LogP contribution in [0.4, 0.5) is 10.1 Å². The van der Waals surface area contributed by atoms with Crippen molar-refractivity contribution in [3.05, 3.63) is 76.9 Å². The quantitative estimate of drug-likeness (QED) is 0.479. The Kier molecular flexibility index (Phi) is 6.16. The lowest BCUT2D eigenvalue weighted by Gasteiger charge is -2.36. The van der Waals surface area contributed by atoms with Gasteiger partial charge in [-0.1, -0.05) is 24.3 Å². The third-order valence-electron chi connectivity index (χ3n) is 7.87. The minimum absolute atomic E-state index is 0.00637. The van der Waals surface area contributed by atoms with E-state index in [4.69, 9.17) is 0 Å². The monoisotopic (exact) mass is 498 g/mol. The number of hydrogen-bond donors (Lipinski definition) is 2. The number of aromatic amines is 1. The van der Waals surface area contributed by atoms with Gasteiger partial charge in [-0.05, 0) is 87.2 Å². The van der Waals surface area contributed by atoms with Gasteiger partial charge in [0.1, 0.15) is 5.82 Å². The van der Waals surface area contributed by atoms with Crippen molar-refractivity contribution in [3.8, 4) is 11.1 Å². The van der Waals surface area contributed by atoms with Gasteiger partial charge in [-0.2, -0.15) is 0 Å². The summed E-state index contributed by atoms with van der Waals surface area (Å²) >= 11 is 0. The maximum absolute atomic E-state index is 14.0. The summed E-state index contributed by atoms with van der Waals surface area (Å²) in [7, 11) is 0. The number of carbonyl (C=O) groups excluding carboxylic acids is 2. The largest absolute Gasteiger partial charge is 0.358 e. The molecule has 0 spiro atoms. The molecule has 4 heterocycles. The lowest BCUT2D eigenvalue weighted by Crippen LogP contribution is -2.46. The minimum atomic E-state index is -0.334. The molecule has 0 aliphatic carbocycles. The summed E-state index contributed by atoms with van der Waals surface area (Å²) < 4.78 is 14.0. The van der Waals surface area contributed by atoms with E-state index in [9.17, 15) is 14.0 Å². The van der Waals surface area contributed by atoms with Gasteiger partial charge in [0.05, 0.1) is 16.8 Å². The number of anilines is 1. The Hall–Kier alpha value is -3.71. The van der Waals surface area contributed by atoms with E-state index >= 15 is 0 Å². The molecule has 0 saturated carbocycles. The Bertz CT molecular complexity index is 1390. The van der Waals surface area contributed by atoms with Gasteiger partial charge in [0.2, 0.25) is 0 Å². The van der Waals surface area contributed by atoms with E-state index in [1.807, 2.05) is 42.2 Å². The first kappa shape index (κ1) is 23.7. The number of halogens is 1. The number of nitrogens with one attached hydrogen (secondary N) is 2. The van der Waals surface area contributed by atoms with Gasteiger partial charge >= 0.3 is 0 Å². The molecule has 3 aliphatic rings. The van der Waals surface area contributed by atoms with Crippen LogP contribution in [0.5, 0.6) is 0 Å². The van der Waals surface area contributed by atoms with Crippen LogP contribution in [-0.4, -0.2) is 58.8 Å². The van der Waals surface area contributed by atoms with E-state index in [0.29, 0.717) is 34.1 Å². The van der Waals surface area contributed by atoms with E-state index < -0.39 is 0 Å². The van der Waals surface area contributed by atoms with Crippen LogP contribution in [0, 0.1) is 12.7 Å². The molecule has 2 aromatic carbocycles. The first-order valence-corrected chi connectivity index (χ1v) is 13.1. The molecule has 2 N–H and O–H groups in total. The summed E-state index contributed by atoms with van der Waals surface area (Å²) in [5.41, 5.74) is 5.37. The van der Waals surface area contributed by atoms with E-state index in [1.54, 1.807) is 12.1 Å². The summed E-state index contributed by atoms with van der Waals surface area (Å²) in [6, 6.07) is 14.4. The maximum Gasteiger partial charge on any atom is 0.256 e. The van der Waals surface area contributed by atoms with Crippen molar-refractivity contribution in [2.45, 2.75) is 38.6 Å². The second kappa shape index (κ2) is 9.63. The van der Waals surface area contributed by atoms with Crippen LogP contribution in [0.3, 0.4) is 0 Å². The van der Waals surface area contributed by atoms with Gasteiger partial charge in [-0.25, -0.2) is 4.39 Å². The van der Waals surface area contributed by atoms with E-state index in [2.05, 4.69) is 15.2 Å². The number of carbonyl (C=O) groups is 2. The fourth-order valence-electron chi connectivity index (χ4n) is 6.04. The van der Waals surface area contributed by atoms with Crippen LogP contribution in [-0.2, 0) is 4.79 Å². The van der Waals surface area contributed by atoms with Crippen LogP contribution in [0.15, 0.2) is 48.5 Å². The summed E-state index contributed by atoms with van der Waals surface area (Å²) in [6.07, 6.45) is 6.31. The molecule has 0 bridgehead atoms. The zero-order valence-electron chi connectivity index (χ0n) is 21.0.